The van der Waals surface area contributed by atoms with E-state index in [1.807, 2.05) is 6.92 Å². The molecular weight excluding hydrogens is 427 g/mol. The van der Waals surface area contributed by atoms with Crippen LogP contribution in [0.15, 0.2) is 0 Å². The van der Waals surface area contributed by atoms with Crippen molar-refractivity contribution in [3.63, 3.8) is 0 Å². The van der Waals surface area contributed by atoms with Gasteiger partial charge in [-0.25, -0.2) is 4.57 Å². The fourth-order valence-corrected chi connectivity index (χ4v) is 4.36. The normalized spacial score (nSPS) is 14.5. The van der Waals surface area contributed by atoms with Crippen molar-refractivity contribution < 1.29 is 28.0 Å². The Morgan fingerprint density at radius 2 is 1.12 bits per heavy atom. The van der Waals surface area contributed by atoms with Crippen molar-refractivity contribution in [1.29, 1.82) is 0 Å². The second-order valence-corrected chi connectivity index (χ2v) is 10.4. The average molecular weight is 481 g/mol. The van der Waals surface area contributed by atoms with Crippen LogP contribution in [0.3, 0.4) is 0 Å². The summed E-state index contributed by atoms with van der Waals surface area (Å²) in [6.07, 6.45) is 17.8. The van der Waals surface area contributed by atoms with Crippen LogP contribution in [-0.4, -0.2) is 44.5 Å². The summed E-state index contributed by atoms with van der Waals surface area (Å²) >= 11 is 0. The standard InChI is InChI=1S/C25H53O6P/c1-4-6-7-8-9-10-11-12-13-14-15-17-20-30-32(26,27)31-21-18-16-19-25(3)24-29-23-22-28-5-2/h25H,4-24H2,1-3H3,(H,26,27). The first kappa shape index (κ1) is 32.0. The summed E-state index contributed by atoms with van der Waals surface area (Å²) in [5.41, 5.74) is 0. The largest absolute Gasteiger partial charge is 0.472 e. The van der Waals surface area contributed by atoms with Crippen molar-refractivity contribution in [2.24, 2.45) is 5.92 Å². The molecule has 0 radical (unpaired) electrons. The first-order valence-corrected chi connectivity index (χ1v) is 14.8. The second-order valence-electron chi connectivity index (χ2n) is 8.90. The van der Waals surface area contributed by atoms with E-state index < -0.39 is 7.82 Å². The molecule has 0 aliphatic carbocycles. The van der Waals surface area contributed by atoms with E-state index in [4.69, 9.17) is 18.5 Å². The van der Waals surface area contributed by atoms with Crippen LogP contribution in [0, 0.1) is 5.92 Å². The fraction of sp³-hybridized carbons (Fsp3) is 1.00. The first-order valence-electron chi connectivity index (χ1n) is 13.3. The highest BCUT2D eigenvalue weighted by atomic mass is 31.2. The molecule has 0 aromatic rings. The highest BCUT2D eigenvalue weighted by Crippen LogP contribution is 2.43. The molecule has 2 atom stereocenters. The summed E-state index contributed by atoms with van der Waals surface area (Å²) < 4.78 is 32.9. The second kappa shape index (κ2) is 24.2. The number of rotatable bonds is 26. The van der Waals surface area contributed by atoms with Gasteiger partial charge in [-0.1, -0.05) is 90.9 Å². The molecular formula is C25H53O6P. The van der Waals surface area contributed by atoms with Gasteiger partial charge in [-0.3, -0.25) is 9.05 Å². The Morgan fingerprint density at radius 3 is 1.66 bits per heavy atom. The van der Waals surface area contributed by atoms with Gasteiger partial charge in [-0.15, -0.1) is 0 Å². The lowest BCUT2D eigenvalue weighted by Gasteiger charge is -2.14. The van der Waals surface area contributed by atoms with E-state index in [1.165, 1.54) is 64.2 Å². The van der Waals surface area contributed by atoms with Gasteiger partial charge in [-0.05, 0) is 32.1 Å². The van der Waals surface area contributed by atoms with Crippen LogP contribution in [0.25, 0.3) is 0 Å². The number of hydrogen-bond acceptors (Lipinski definition) is 5. The molecule has 0 saturated heterocycles. The molecule has 7 heteroatoms. The van der Waals surface area contributed by atoms with Crippen molar-refractivity contribution >= 4 is 7.82 Å². The van der Waals surface area contributed by atoms with Crippen LogP contribution in [0.5, 0.6) is 0 Å². The number of phosphoric ester groups is 1. The number of phosphoric acid groups is 1. The van der Waals surface area contributed by atoms with E-state index in [2.05, 4.69) is 13.8 Å². The van der Waals surface area contributed by atoms with Gasteiger partial charge in [-0.2, -0.15) is 0 Å². The van der Waals surface area contributed by atoms with Gasteiger partial charge in [0.2, 0.25) is 0 Å². The van der Waals surface area contributed by atoms with Crippen LogP contribution in [0.1, 0.15) is 117 Å². The summed E-state index contributed by atoms with van der Waals surface area (Å²) in [5.74, 6) is 0.458. The first-order chi connectivity index (χ1) is 15.5. The van der Waals surface area contributed by atoms with Crippen LogP contribution < -0.4 is 0 Å². The number of unbranched alkanes of at least 4 members (excludes halogenated alkanes) is 12. The molecule has 2 unspecified atom stereocenters. The van der Waals surface area contributed by atoms with E-state index in [1.54, 1.807) is 0 Å². The molecule has 0 aliphatic rings. The molecule has 194 valence electrons. The summed E-state index contributed by atoms with van der Waals surface area (Å²) in [7, 11) is -3.91. The lowest BCUT2D eigenvalue weighted by molar-refractivity contribution is 0.0382. The molecule has 6 nitrogen and oxygen atoms in total. The molecule has 0 fully saturated rings. The molecule has 0 saturated carbocycles. The van der Waals surface area contributed by atoms with Gasteiger partial charge in [0.25, 0.3) is 0 Å². The summed E-state index contributed by atoms with van der Waals surface area (Å²) in [6, 6.07) is 0. The summed E-state index contributed by atoms with van der Waals surface area (Å²) in [5, 5.41) is 0. The van der Waals surface area contributed by atoms with Crippen LogP contribution in [0.2, 0.25) is 0 Å². The Morgan fingerprint density at radius 1 is 0.656 bits per heavy atom. The van der Waals surface area contributed by atoms with Crippen LogP contribution in [-0.2, 0) is 23.1 Å². The van der Waals surface area contributed by atoms with E-state index in [9.17, 15) is 9.46 Å². The predicted molar refractivity (Wildman–Crippen MR) is 133 cm³/mol. The molecule has 0 spiro atoms. The Balaban J connectivity index is 3.41. The highest BCUT2D eigenvalue weighted by Gasteiger charge is 2.20. The zero-order valence-electron chi connectivity index (χ0n) is 21.4. The van der Waals surface area contributed by atoms with Gasteiger partial charge in [0.1, 0.15) is 0 Å². The lowest BCUT2D eigenvalue weighted by atomic mass is 10.1. The molecule has 0 aromatic carbocycles. The lowest BCUT2D eigenvalue weighted by Crippen LogP contribution is -2.10. The minimum Gasteiger partial charge on any atom is -0.379 e. The van der Waals surface area contributed by atoms with Crippen molar-refractivity contribution in [3.8, 4) is 0 Å². The van der Waals surface area contributed by atoms with E-state index in [0.717, 1.165) is 38.7 Å². The predicted octanol–water partition coefficient (Wildman–Crippen LogP) is 7.68. The number of ether oxygens (including phenoxy) is 2. The molecule has 0 heterocycles. The topological polar surface area (TPSA) is 74.2 Å². The summed E-state index contributed by atoms with van der Waals surface area (Å²) in [6.45, 7) is 9.63. The van der Waals surface area contributed by atoms with Crippen molar-refractivity contribution in [3.05, 3.63) is 0 Å². The SMILES string of the molecule is CCCCCCCCCCCCCCOP(=O)(O)OCCCCC(C)COCCOCC. The third kappa shape index (κ3) is 24.7. The smallest absolute Gasteiger partial charge is 0.379 e. The quantitative estimate of drug-likeness (QED) is 0.101. The molecule has 1 N–H and O–H groups in total. The summed E-state index contributed by atoms with van der Waals surface area (Å²) in [4.78, 5) is 9.77. The van der Waals surface area contributed by atoms with E-state index in [0.29, 0.717) is 32.3 Å². The third-order valence-corrected chi connectivity index (χ3v) is 6.59. The van der Waals surface area contributed by atoms with E-state index in [-0.39, 0.29) is 6.61 Å². The molecule has 0 aromatic heterocycles. The number of hydrogen-bond donors (Lipinski definition) is 1. The zero-order chi connectivity index (χ0) is 23.8. The fourth-order valence-electron chi connectivity index (χ4n) is 3.57. The van der Waals surface area contributed by atoms with Crippen LogP contribution >= 0.6 is 7.82 Å². The maximum atomic E-state index is 11.9. The van der Waals surface area contributed by atoms with Crippen molar-refractivity contribution in [1.82, 2.24) is 0 Å². The Bertz CT molecular complexity index is 421. The van der Waals surface area contributed by atoms with Gasteiger partial charge in [0.15, 0.2) is 0 Å². The highest BCUT2D eigenvalue weighted by molar-refractivity contribution is 7.47. The maximum Gasteiger partial charge on any atom is 0.472 e. The van der Waals surface area contributed by atoms with Gasteiger partial charge < -0.3 is 14.4 Å². The zero-order valence-corrected chi connectivity index (χ0v) is 22.3. The Kier molecular flexibility index (Phi) is 24.2. The van der Waals surface area contributed by atoms with Gasteiger partial charge >= 0.3 is 7.82 Å². The third-order valence-electron chi connectivity index (χ3n) is 5.58. The molecule has 32 heavy (non-hydrogen) atoms. The van der Waals surface area contributed by atoms with Crippen molar-refractivity contribution in [2.75, 3.05) is 39.6 Å². The molecule has 0 amide bonds. The minimum atomic E-state index is -3.91. The Labute approximate surface area is 198 Å². The van der Waals surface area contributed by atoms with E-state index >= 15 is 0 Å². The Hall–Kier alpha value is 0.0300. The maximum absolute atomic E-state index is 11.9. The average Bonchev–Trinajstić information content (AvgIpc) is 2.76. The van der Waals surface area contributed by atoms with Gasteiger partial charge in [0.05, 0.1) is 26.4 Å². The van der Waals surface area contributed by atoms with Gasteiger partial charge in [0, 0.05) is 13.2 Å². The van der Waals surface area contributed by atoms with Crippen LogP contribution in [0.4, 0.5) is 0 Å². The molecule has 0 bridgehead atoms. The van der Waals surface area contributed by atoms with Crippen molar-refractivity contribution in [2.45, 2.75) is 117 Å². The minimum absolute atomic E-state index is 0.254. The molecule has 0 aliphatic heterocycles. The molecule has 0 rings (SSSR count). The monoisotopic (exact) mass is 480 g/mol.